The van der Waals surface area contributed by atoms with Crippen molar-refractivity contribution in [2.75, 3.05) is 7.05 Å². The third-order valence-corrected chi connectivity index (χ3v) is 1.98. The largest absolute Gasteiger partial charge is 0.460 e. The minimum atomic E-state index is 0.00375. The normalized spacial score (nSPS) is 16.6. The predicted octanol–water partition coefficient (Wildman–Crippen LogP) is 1.15. The Morgan fingerprint density at radius 2 is 2.31 bits per heavy atom. The molecule has 1 aromatic rings. The number of nitrogens with zero attached hydrogens (tertiary/aromatic N) is 2. The molecule has 2 rings (SSSR count). The quantitative estimate of drug-likeness (QED) is 0.647. The lowest BCUT2D eigenvalue weighted by Gasteiger charge is -1.98. The first-order valence-corrected chi connectivity index (χ1v) is 4.07. The highest BCUT2D eigenvalue weighted by Crippen LogP contribution is 2.15. The van der Waals surface area contributed by atoms with Gasteiger partial charge in [-0.25, -0.2) is 5.01 Å². The lowest BCUT2D eigenvalue weighted by atomic mass is 10.2. The van der Waals surface area contributed by atoms with Crippen LogP contribution in [-0.2, 0) is 4.79 Å². The molecule has 1 amide bonds. The van der Waals surface area contributed by atoms with Crippen molar-refractivity contribution in [2.45, 2.75) is 13.3 Å². The zero-order chi connectivity index (χ0) is 9.42. The number of carbonyl (C=O) groups excluding carboxylic acids is 1. The van der Waals surface area contributed by atoms with Crippen LogP contribution in [0.2, 0.25) is 0 Å². The van der Waals surface area contributed by atoms with Gasteiger partial charge in [0.05, 0.1) is 6.42 Å². The molecule has 0 spiro atoms. The van der Waals surface area contributed by atoms with E-state index < -0.39 is 0 Å². The summed E-state index contributed by atoms with van der Waals surface area (Å²) in [4.78, 5) is 11.1. The number of aryl methyl sites for hydroxylation is 1. The summed E-state index contributed by atoms with van der Waals surface area (Å²) in [6.07, 6.45) is 0.337. The standard InChI is InChI=1S/C9H10N2O2/c1-6-3-4-8(13-6)7-5-9(12)11(2)10-7/h3-4H,5H2,1-2H3. The molecule has 0 bridgehead atoms. The van der Waals surface area contributed by atoms with E-state index in [2.05, 4.69) is 5.10 Å². The summed E-state index contributed by atoms with van der Waals surface area (Å²) in [7, 11) is 1.64. The predicted molar refractivity (Wildman–Crippen MR) is 47.4 cm³/mol. The fraction of sp³-hybridized carbons (Fsp3) is 0.333. The first-order chi connectivity index (χ1) is 6.16. The van der Waals surface area contributed by atoms with Crippen LogP contribution in [0.15, 0.2) is 21.7 Å². The van der Waals surface area contributed by atoms with Crippen molar-refractivity contribution in [1.29, 1.82) is 0 Å². The topological polar surface area (TPSA) is 45.8 Å². The van der Waals surface area contributed by atoms with Gasteiger partial charge in [0.1, 0.15) is 11.5 Å². The second-order valence-corrected chi connectivity index (χ2v) is 3.05. The van der Waals surface area contributed by atoms with E-state index in [1.807, 2.05) is 19.1 Å². The van der Waals surface area contributed by atoms with Crippen LogP contribution in [0.4, 0.5) is 0 Å². The Balaban J connectivity index is 2.29. The summed E-state index contributed by atoms with van der Waals surface area (Å²) < 4.78 is 5.35. The number of amides is 1. The molecule has 0 radical (unpaired) electrons. The van der Waals surface area contributed by atoms with Crippen molar-refractivity contribution in [3.05, 3.63) is 23.7 Å². The first-order valence-electron chi connectivity index (χ1n) is 4.07. The van der Waals surface area contributed by atoms with Crippen LogP contribution in [0.1, 0.15) is 17.9 Å². The molecule has 1 aromatic heterocycles. The summed E-state index contributed by atoms with van der Waals surface area (Å²) in [5, 5.41) is 5.40. The van der Waals surface area contributed by atoms with Crippen LogP contribution in [-0.4, -0.2) is 23.7 Å². The van der Waals surface area contributed by atoms with Gasteiger partial charge in [-0.3, -0.25) is 4.79 Å². The first kappa shape index (κ1) is 8.04. The Hall–Kier alpha value is -1.58. The fourth-order valence-electron chi connectivity index (χ4n) is 1.26. The molecule has 1 aliphatic heterocycles. The second-order valence-electron chi connectivity index (χ2n) is 3.05. The molecule has 68 valence electrons. The zero-order valence-electron chi connectivity index (χ0n) is 7.57. The number of hydrazone groups is 1. The molecule has 0 saturated heterocycles. The molecular formula is C9H10N2O2. The molecule has 0 aromatic carbocycles. The Kier molecular flexibility index (Phi) is 1.69. The SMILES string of the molecule is Cc1ccc(C2=NN(C)C(=O)C2)o1. The molecule has 0 N–H and O–H groups in total. The highest BCUT2D eigenvalue weighted by Gasteiger charge is 2.23. The minimum absolute atomic E-state index is 0.00375. The molecular weight excluding hydrogens is 168 g/mol. The molecule has 0 fully saturated rings. The van der Waals surface area contributed by atoms with Crippen LogP contribution in [0, 0.1) is 6.92 Å². The Labute approximate surface area is 75.8 Å². The van der Waals surface area contributed by atoms with E-state index in [0.29, 0.717) is 17.9 Å². The number of furan rings is 1. The number of rotatable bonds is 1. The van der Waals surface area contributed by atoms with Gasteiger partial charge >= 0.3 is 0 Å². The monoisotopic (exact) mass is 178 g/mol. The van der Waals surface area contributed by atoms with Crippen LogP contribution in [0.3, 0.4) is 0 Å². The molecule has 0 saturated carbocycles. The van der Waals surface area contributed by atoms with Crippen LogP contribution in [0.5, 0.6) is 0 Å². The average Bonchev–Trinajstić information content (AvgIpc) is 2.61. The Morgan fingerprint density at radius 3 is 2.77 bits per heavy atom. The van der Waals surface area contributed by atoms with E-state index >= 15 is 0 Å². The van der Waals surface area contributed by atoms with E-state index in [1.165, 1.54) is 5.01 Å². The lowest BCUT2D eigenvalue weighted by molar-refractivity contribution is -0.127. The van der Waals surface area contributed by atoms with Gasteiger partial charge in [0.15, 0.2) is 5.76 Å². The van der Waals surface area contributed by atoms with Crippen molar-refractivity contribution in [3.63, 3.8) is 0 Å². The summed E-state index contributed by atoms with van der Waals surface area (Å²) >= 11 is 0. The molecule has 1 aliphatic rings. The van der Waals surface area contributed by atoms with Crippen molar-refractivity contribution >= 4 is 11.6 Å². The molecule has 13 heavy (non-hydrogen) atoms. The molecule has 0 aliphatic carbocycles. The van der Waals surface area contributed by atoms with Gasteiger partial charge < -0.3 is 4.42 Å². The molecule has 0 atom stereocenters. The number of carbonyl (C=O) groups is 1. The van der Waals surface area contributed by atoms with E-state index in [1.54, 1.807) is 7.05 Å². The lowest BCUT2D eigenvalue weighted by Crippen LogP contribution is -2.14. The van der Waals surface area contributed by atoms with Gasteiger partial charge in [0, 0.05) is 7.05 Å². The van der Waals surface area contributed by atoms with Gasteiger partial charge in [0.25, 0.3) is 0 Å². The van der Waals surface area contributed by atoms with E-state index in [-0.39, 0.29) is 5.91 Å². The van der Waals surface area contributed by atoms with Crippen LogP contribution in [0.25, 0.3) is 0 Å². The summed E-state index contributed by atoms with van der Waals surface area (Å²) in [5.41, 5.74) is 0.709. The van der Waals surface area contributed by atoms with E-state index in [0.717, 1.165) is 5.76 Å². The Morgan fingerprint density at radius 1 is 1.54 bits per heavy atom. The smallest absolute Gasteiger partial charge is 0.248 e. The van der Waals surface area contributed by atoms with Crippen molar-refractivity contribution < 1.29 is 9.21 Å². The maximum Gasteiger partial charge on any atom is 0.248 e. The van der Waals surface area contributed by atoms with Gasteiger partial charge in [-0.2, -0.15) is 5.10 Å². The van der Waals surface area contributed by atoms with Crippen LogP contribution < -0.4 is 0 Å². The van der Waals surface area contributed by atoms with Gasteiger partial charge in [-0.1, -0.05) is 0 Å². The summed E-state index contributed by atoms with van der Waals surface area (Å²) in [6, 6.07) is 3.70. The van der Waals surface area contributed by atoms with Crippen molar-refractivity contribution in [2.24, 2.45) is 5.10 Å². The van der Waals surface area contributed by atoms with Crippen molar-refractivity contribution in [3.8, 4) is 0 Å². The van der Waals surface area contributed by atoms with Gasteiger partial charge in [-0.15, -0.1) is 0 Å². The van der Waals surface area contributed by atoms with Crippen molar-refractivity contribution in [1.82, 2.24) is 5.01 Å². The maximum absolute atomic E-state index is 11.1. The highest BCUT2D eigenvalue weighted by molar-refractivity contribution is 6.12. The molecule has 4 heteroatoms. The van der Waals surface area contributed by atoms with E-state index in [9.17, 15) is 4.79 Å². The highest BCUT2D eigenvalue weighted by atomic mass is 16.3. The molecule has 0 unspecified atom stereocenters. The molecule has 4 nitrogen and oxygen atoms in total. The fourth-order valence-corrected chi connectivity index (χ4v) is 1.26. The second kappa shape index (κ2) is 2.73. The summed E-state index contributed by atoms with van der Waals surface area (Å²) in [5.74, 6) is 1.53. The summed E-state index contributed by atoms with van der Waals surface area (Å²) in [6.45, 7) is 1.87. The number of hydrogen-bond acceptors (Lipinski definition) is 3. The van der Waals surface area contributed by atoms with Gasteiger partial charge in [-0.05, 0) is 19.1 Å². The average molecular weight is 178 g/mol. The minimum Gasteiger partial charge on any atom is -0.460 e. The number of hydrogen-bond donors (Lipinski definition) is 0. The maximum atomic E-state index is 11.1. The third-order valence-electron chi connectivity index (χ3n) is 1.98. The zero-order valence-corrected chi connectivity index (χ0v) is 7.57. The molecule has 2 heterocycles. The third kappa shape index (κ3) is 1.35. The van der Waals surface area contributed by atoms with E-state index in [4.69, 9.17) is 4.42 Å². The van der Waals surface area contributed by atoms with Gasteiger partial charge in [0.2, 0.25) is 5.91 Å². The Bertz CT molecular complexity index is 379. The van der Waals surface area contributed by atoms with Crippen LogP contribution >= 0.6 is 0 Å².